The Morgan fingerprint density at radius 3 is 1.94 bits per heavy atom. The molecular weight excluding hydrogens is 446 g/mol. The largest absolute Gasteiger partial charge is 0.457 e. The first kappa shape index (κ1) is 21.1. The van der Waals surface area contributed by atoms with E-state index in [9.17, 15) is 9.59 Å². The average molecular weight is 472 g/mol. The third-order valence-corrected chi connectivity index (χ3v) is 8.33. The highest BCUT2D eigenvalue weighted by atomic mass is 16.5. The van der Waals surface area contributed by atoms with Crippen LogP contribution in [0, 0.1) is 18.3 Å². The molecule has 1 heterocycles. The highest BCUT2D eigenvalue weighted by molar-refractivity contribution is 6.25. The number of amides is 2. The number of anilines is 1. The fourth-order valence-electron chi connectivity index (χ4n) is 6.84. The van der Waals surface area contributed by atoms with E-state index in [0.29, 0.717) is 11.4 Å². The molecule has 1 aliphatic heterocycles. The zero-order valence-electron chi connectivity index (χ0n) is 20.1. The lowest BCUT2D eigenvalue weighted by Crippen LogP contribution is -2.49. The van der Waals surface area contributed by atoms with Crippen LogP contribution in [0.4, 0.5) is 5.69 Å². The molecular formula is C32H25NO3. The minimum atomic E-state index is -0.832. The van der Waals surface area contributed by atoms with Crippen LogP contribution in [-0.2, 0) is 9.59 Å². The van der Waals surface area contributed by atoms with Crippen LogP contribution in [-0.4, -0.2) is 11.8 Å². The van der Waals surface area contributed by atoms with E-state index in [0.717, 1.165) is 11.3 Å². The maximum atomic E-state index is 14.2. The van der Waals surface area contributed by atoms with Crippen molar-refractivity contribution in [2.24, 2.45) is 11.3 Å². The number of benzene rings is 4. The summed E-state index contributed by atoms with van der Waals surface area (Å²) in [6, 6.07) is 31.7. The third kappa shape index (κ3) is 2.70. The van der Waals surface area contributed by atoms with E-state index < -0.39 is 11.3 Å². The van der Waals surface area contributed by atoms with Crippen LogP contribution >= 0.6 is 0 Å². The number of nitrogens with zero attached hydrogens (tertiary/aromatic N) is 1. The molecule has 4 aromatic carbocycles. The molecule has 0 N–H and O–H groups in total. The Kier molecular flexibility index (Phi) is 4.35. The molecule has 4 aliphatic rings. The van der Waals surface area contributed by atoms with Crippen LogP contribution in [0.3, 0.4) is 0 Å². The lowest BCUT2D eigenvalue weighted by molar-refractivity contribution is -0.128. The molecule has 0 unspecified atom stereocenters. The summed E-state index contributed by atoms with van der Waals surface area (Å²) in [6.45, 7) is 4.01. The second-order valence-electron chi connectivity index (χ2n) is 10.3. The molecule has 0 saturated carbocycles. The van der Waals surface area contributed by atoms with Gasteiger partial charge >= 0.3 is 0 Å². The monoisotopic (exact) mass is 471 g/mol. The van der Waals surface area contributed by atoms with Gasteiger partial charge in [-0.3, -0.25) is 9.59 Å². The topological polar surface area (TPSA) is 46.6 Å². The van der Waals surface area contributed by atoms with Crippen molar-refractivity contribution >= 4 is 17.5 Å². The first-order valence-corrected chi connectivity index (χ1v) is 12.4. The van der Waals surface area contributed by atoms with Gasteiger partial charge in [0, 0.05) is 11.8 Å². The normalized spacial score (nSPS) is 25.4. The van der Waals surface area contributed by atoms with Crippen molar-refractivity contribution in [3.8, 4) is 11.5 Å². The number of imide groups is 1. The van der Waals surface area contributed by atoms with E-state index >= 15 is 0 Å². The minimum Gasteiger partial charge on any atom is -0.457 e. The van der Waals surface area contributed by atoms with Crippen LogP contribution in [0.5, 0.6) is 11.5 Å². The molecule has 8 rings (SSSR count). The Labute approximate surface area is 210 Å². The summed E-state index contributed by atoms with van der Waals surface area (Å²) >= 11 is 0. The van der Waals surface area contributed by atoms with Gasteiger partial charge in [-0.15, -0.1) is 0 Å². The molecule has 36 heavy (non-hydrogen) atoms. The number of hydrogen-bond donors (Lipinski definition) is 0. The first-order chi connectivity index (χ1) is 17.5. The maximum Gasteiger partial charge on any atom is 0.241 e. The van der Waals surface area contributed by atoms with Gasteiger partial charge in [0.25, 0.3) is 0 Å². The van der Waals surface area contributed by atoms with Gasteiger partial charge in [-0.05, 0) is 78.1 Å². The summed E-state index contributed by atoms with van der Waals surface area (Å²) < 4.78 is 5.99. The summed E-state index contributed by atoms with van der Waals surface area (Å²) in [6.07, 6.45) is 0. The number of ether oxygens (including phenoxy) is 1. The van der Waals surface area contributed by atoms with Crippen molar-refractivity contribution in [2.75, 3.05) is 4.90 Å². The van der Waals surface area contributed by atoms with E-state index in [-0.39, 0.29) is 23.7 Å². The molecule has 4 heteroatoms. The Bertz CT molecular complexity index is 1510. The van der Waals surface area contributed by atoms with Crippen LogP contribution in [0.2, 0.25) is 0 Å². The van der Waals surface area contributed by atoms with Crippen LogP contribution in [0.1, 0.15) is 46.6 Å². The van der Waals surface area contributed by atoms with Gasteiger partial charge in [0.2, 0.25) is 11.8 Å². The lowest BCUT2D eigenvalue weighted by atomic mass is 9.48. The third-order valence-electron chi connectivity index (χ3n) is 8.33. The quantitative estimate of drug-likeness (QED) is 0.317. The van der Waals surface area contributed by atoms with E-state index in [4.69, 9.17) is 4.74 Å². The van der Waals surface area contributed by atoms with Crippen molar-refractivity contribution in [3.63, 3.8) is 0 Å². The van der Waals surface area contributed by atoms with E-state index in [2.05, 4.69) is 24.3 Å². The zero-order chi connectivity index (χ0) is 24.6. The molecule has 0 spiro atoms. The van der Waals surface area contributed by atoms with Crippen LogP contribution in [0.15, 0.2) is 97.1 Å². The molecule has 3 aliphatic carbocycles. The summed E-state index contributed by atoms with van der Waals surface area (Å²) in [4.78, 5) is 29.6. The van der Waals surface area contributed by atoms with Gasteiger partial charge in [0.1, 0.15) is 11.5 Å². The highest BCUT2D eigenvalue weighted by Gasteiger charge is 2.68. The summed E-state index contributed by atoms with van der Waals surface area (Å²) in [5.41, 5.74) is 5.56. The van der Waals surface area contributed by atoms with Crippen molar-refractivity contribution in [2.45, 2.75) is 25.7 Å². The number of carbonyl (C=O) groups excluding carboxylic acids is 2. The number of carbonyl (C=O) groups is 2. The minimum absolute atomic E-state index is 0.117. The Morgan fingerprint density at radius 2 is 1.33 bits per heavy atom. The molecule has 0 aromatic heterocycles. The molecule has 1 fully saturated rings. The van der Waals surface area contributed by atoms with Crippen LogP contribution in [0.25, 0.3) is 0 Å². The molecule has 4 nitrogen and oxygen atoms in total. The smallest absolute Gasteiger partial charge is 0.241 e. The van der Waals surface area contributed by atoms with Gasteiger partial charge in [0.05, 0.1) is 17.0 Å². The second-order valence-corrected chi connectivity index (χ2v) is 10.3. The number of hydrogen-bond acceptors (Lipinski definition) is 3. The van der Waals surface area contributed by atoms with Crippen LogP contribution < -0.4 is 9.64 Å². The maximum absolute atomic E-state index is 14.2. The standard InChI is InChI=1S/C32H25NO3/c1-19-8-7-9-22(18-19)36-21-16-14-20(15-17-21)33-30(34)29-27-23-10-3-5-12-25(23)28(32(29,2)31(33)35)26-13-6-4-11-24(26)27/h3-18,27-29H,1-2H3/t27?,28?,29-,32-/m1/s1. The second kappa shape index (κ2) is 7.41. The highest BCUT2D eigenvalue weighted by Crippen LogP contribution is 2.67. The van der Waals surface area contributed by atoms with Gasteiger partial charge < -0.3 is 4.74 Å². The predicted molar refractivity (Wildman–Crippen MR) is 138 cm³/mol. The number of aryl methyl sites for hydroxylation is 1. The lowest BCUT2D eigenvalue weighted by Gasteiger charge is -2.51. The average Bonchev–Trinajstić information content (AvgIpc) is 3.10. The van der Waals surface area contributed by atoms with Gasteiger partial charge in [0.15, 0.2) is 0 Å². The molecule has 176 valence electrons. The van der Waals surface area contributed by atoms with Crippen molar-refractivity contribution < 1.29 is 14.3 Å². The fraction of sp³-hybridized carbons (Fsp3) is 0.188. The van der Waals surface area contributed by atoms with E-state index in [1.165, 1.54) is 27.2 Å². The van der Waals surface area contributed by atoms with Gasteiger partial charge in [-0.2, -0.15) is 0 Å². The molecule has 2 amide bonds. The summed E-state index contributed by atoms with van der Waals surface area (Å²) in [7, 11) is 0. The SMILES string of the molecule is Cc1cccc(Oc2ccc(N3C(=O)[C@H]4C5c6ccccc6C(c6ccccc65)[C@@]4(C)C3=O)cc2)c1. The van der Waals surface area contributed by atoms with Gasteiger partial charge in [-0.1, -0.05) is 60.7 Å². The Hall–Kier alpha value is -4.18. The van der Waals surface area contributed by atoms with E-state index in [1.807, 2.05) is 86.6 Å². The molecule has 2 bridgehead atoms. The summed E-state index contributed by atoms with van der Waals surface area (Å²) in [5.74, 6) is 0.470. The molecule has 2 atom stereocenters. The van der Waals surface area contributed by atoms with Crippen molar-refractivity contribution in [1.29, 1.82) is 0 Å². The zero-order valence-corrected chi connectivity index (χ0v) is 20.1. The van der Waals surface area contributed by atoms with E-state index in [1.54, 1.807) is 0 Å². The number of rotatable bonds is 3. The predicted octanol–water partition coefficient (Wildman–Crippen LogP) is 6.57. The Balaban J connectivity index is 1.29. The Morgan fingerprint density at radius 1 is 0.722 bits per heavy atom. The first-order valence-electron chi connectivity index (χ1n) is 12.4. The molecule has 0 radical (unpaired) electrons. The fourth-order valence-corrected chi connectivity index (χ4v) is 6.84. The van der Waals surface area contributed by atoms with Gasteiger partial charge in [-0.25, -0.2) is 4.90 Å². The molecule has 1 saturated heterocycles. The molecule has 4 aromatic rings. The summed E-state index contributed by atoms with van der Waals surface area (Å²) in [5, 5.41) is 0. The van der Waals surface area contributed by atoms with Crippen molar-refractivity contribution in [3.05, 3.63) is 125 Å². The van der Waals surface area contributed by atoms with Crippen molar-refractivity contribution in [1.82, 2.24) is 0 Å².